The summed E-state index contributed by atoms with van der Waals surface area (Å²) < 4.78 is 5.08. The molecule has 0 bridgehead atoms. The van der Waals surface area contributed by atoms with Crippen molar-refractivity contribution in [2.24, 2.45) is 0 Å². The summed E-state index contributed by atoms with van der Waals surface area (Å²) in [7, 11) is 2.11. The first kappa shape index (κ1) is 12.6. The molecule has 2 saturated heterocycles. The van der Waals surface area contributed by atoms with Gasteiger partial charge in [0.1, 0.15) is 5.82 Å². The number of H-pyrrole nitrogens is 1. The Bertz CT molecular complexity index is 481. The van der Waals surface area contributed by atoms with Gasteiger partial charge in [-0.25, -0.2) is 4.98 Å². The second-order valence-electron chi connectivity index (χ2n) is 5.67. The number of piperidine rings is 1. The second-order valence-corrected chi connectivity index (χ2v) is 5.67. The number of carbonyl (C=O) groups is 1. The van der Waals surface area contributed by atoms with E-state index >= 15 is 0 Å². The van der Waals surface area contributed by atoms with E-state index in [-0.39, 0.29) is 13.2 Å². The molecule has 19 heavy (non-hydrogen) atoms. The first-order chi connectivity index (χ1) is 9.12. The fraction of sp³-hybridized carbons (Fsp3) is 0.692. The Balaban J connectivity index is 1.81. The van der Waals surface area contributed by atoms with Gasteiger partial charge in [0.15, 0.2) is 5.41 Å². The number of aromatic amines is 1. The molecule has 0 amide bonds. The van der Waals surface area contributed by atoms with Gasteiger partial charge in [0.25, 0.3) is 0 Å². The molecule has 0 aromatic carbocycles. The third kappa shape index (κ3) is 2.04. The predicted octanol–water partition coefficient (Wildman–Crippen LogP) is 0.571. The highest BCUT2D eigenvalue weighted by molar-refractivity contribution is 5.81. The Morgan fingerprint density at radius 2 is 2.42 bits per heavy atom. The van der Waals surface area contributed by atoms with Crippen LogP contribution in [0.3, 0.4) is 0 Å². The van der Waals surface area contributed by atoms with E-state index in [1.807, 2.05) is 0 Å². The van der Waals surface area contributed by atoms with Gasteiger partial charge < -0.3 is 19.7 Å². The first-order valence-electron chi connectivity index (χ1n) is 6.67. The van der Waals surface area contributed by atoms with Crippen LogP contribution in [0.15, 0.2) is 6.20 Å². The van der Waals surface area contributed by atoms with Crippen molar-refractivity contribution in [3.05, 3.63) is 17.7 Å². The normalized spacial score (nSPS) is 26.9. The van der Waals surface area contributed by atoms with Crippen LogP contribution in [0, 0.1) is 0 Å². The Labute approximate surface area is 111 Å². The molecule has 1 atom stereocenters. The van der Waals surface area contributed by atoms with E-state index in [0.29, 0.717) is 11.7 Å². The highest BCUT2D eigenvalue weighted by Crippen LogP contribution is 2.32. The van der Waals surface area contributed by atoms with Crippen molar-refractivity contribution in [1.82, 2.24) is 14.9 Å². The molecule has 2 aliphatic heterocycles. The number of nitrogens with one attached hydrogen (secondary N) is 1. The number of ether oxygens (including phenoxy) is 1. The van der Waals surface area contributed by atoms with E-state index in [9.17, 15) is 9.90 Å². The Morgan fingerprint density at radius 3 is 3.00 bits per heavy atom. The monoisotopic (exact) mass is 265 g/mol. The van der Waals surface area contributed by atoms with Gasteiger partial charge in [-0.3, -0.25) is 4.79 Å². The van der Waals surface area contributed by atoms with Crippen LogP contribution >= 0.6 is 0 Å². The summed E-state index contributed by atoms with van der Waals surface area (Å²) in [5, 5.41) is 9.35. The molecule has 3 heterocycles. The van der Waals surface area contributed by atoms with Crippen molar-refractivity contribution in [3.8, 4) is 0 Å². The summed E-state index contributed by atoms with van der Waals surface area (Å²) in [5.41, 5.74) is 0.0906. The molecule has 0 aliphatic carbocycles. The predicted molar refractivity (Wildman–Crippen MR) is 68.2 cm³/mol. The van der Waals surface area contributed by atoms with Crippen LogP contribution in [-0.2, 0) is 14.9 Å². The lowest BCUT2D eigenvalue weighted by Crippen LogP contribution is -2.53. The molecule has 3 rings (SSSR count). The van der Waals surface area contributed by atoms with Gasteiger partial charge >= 0.3 is 5.97 Å². The van der Waals surface area contributed by atoms with Crippen molar-refractivity contribution in [3.63, 3.8) is 0 Å². The van der Waals surface area contributed by atoms with Gasteiger partial charge in [-0.1, -0.05) is 0 Å². The Hall–Kier alpha value is -1.40. The molecular weight excluding hydrogens is 246 g/mol. The number of hydrogen-bond donors (Lipinski definition) is 2. The standard InChI is InChI=1S/C13H19N3O3/c1-16-4-2-3-9(6-16)10-5-14-11(15-10)13(12(17)18)7-19-8-13/h5,9H,2-4,6-8H2,1H3,(H,14,15)(H,17,18). The van der Waals surface area contributed by atoms with Gasteiger partial charge in [0.05, 0.1) is 13.2 Å². The lowest BCUT2D eigenvalue weighted by atomic mass is 9.85. The molecule has 2 fully saturated rings. The molecule has 2 aliphatic rings. The lowest BCUT2D eigenvalue weighted by molar-refractivity contribution is -0.163. The SMILES string of the molecule is CN1CCCC(c2cnc(C3(C(=O)O)COC3)[nH]2)C1. The van der Waals surface area contributed by atoms with E-state index in [0.717, 1.165) is 25.2 Å². The summed E-state index contributed by atoms with van der Waals surface area (Å²) in [6.45, 7) is 2.54. The van der Waals surface area contributed by atoms with Gasteiger partial charge in [0, 0.05) is 24.4 Å². The molecular formula is C13H19N3O3. The number of likely N-dealkylation sites (tertiary alicyclic amines) is 1. The van der Waals surface area contributed by atoms with Gasteiger partial charge in [-0.2, -0.15) is 0 Å². The van der Waals surface area contributed by atoms with Crippen LogP contribution in [0.2, 0.25) is 0 Å². The minimum absolute atomic E-state index is 0.208. The van der Waals surface area contributed by atoms with Crippen LogP contribution in [0.5, 0.6) is 0 Å². The molecule has 104 valence electrons. The van der Waals surface area contributed by atoms with E-state index < -0.39 is 11.4 Å². The van der Waals surface area contributed by atoms with Gasteiger partial charge in [-0.05, 0) is 26.4 Å². The van der Waals surface area contributed by atoms with Crippen molar-refractivity contribution in [2.45, 2.75) is 24.2 Å². The summed E-state index contributed by atoms with van der Waals surface area (Å²) >= 11 is 0. The van der Waals surface area contributed by atoms with E-state index in [1.54, 1.807) is 6.20 Å². The molecule has 2 N–H and O–H groups in total. The number of carboxylic acids is 1. The zero-order valence-electron chi connectivity index (χ0n) is 11.1. The van der Waals surface area contributed by atoms with E-state index in [4.69, 9.17) is 4.74 Å². The number of nitrogens with zero attached hydrogens (tertiary/aromatic N) is 2. The summed E-state index contributed by atoms with van der Waals surface area (Å²) in [6, 6.07) is 0. The number of aliphatic carboxylic acids is 1. The molecule has 1 unspecified atom stereocenters. The molecule has 6 heteroatoms. The average molecular weight is 265 g/mol. The molecule has 0 spiro atoms. The number of carboxylic acid groups (broad SMARTS) is 1. The Kier molecular flexibility index (Phi) is 3.06. The summed E-state index contributed by atoms with van der Waals surface area (Å²) in [4.78, 5) is 21.2. The van der Waals surface area contributed by atoms with E-state index in [2.05, 4.69) is 21.9 Å². The van der Waals surface area contributed by atoms with Crippen molar-refractivity contribution < 1.29 is 14.6 Å². The molecule has 6 nitrogen and oxygen atoms in total. The second kappa shape index (κ2) is 4.61. The fourth-order valence-corrected chi connectivity index (χ4v) is 2.87. The molecule has 1 aromatic rings. The highest BCUT2D eigenvalue weighted by atomic mass is 16.5. The topological polar surface area (TPSA) is 78.5 Å². The minimum Gasteiger partial charge on any atom is -0.480 e. The number of aromatic nitrogens is 2. The number of rotatable bonds is 3. The van der Waals surface area contributed by atoms with Crippen molar-refractivity contribution in [1.29, 1.82) is 0 Å². The highest BCUT2D eigenvalue weighted by Gasteiger charge is 2.50. The lowest BCUT2D eigenvalue weighted by Gasteiger charge is -2.35. The third-order valence-corrected chi connectivity index (χ3v) is 4.22. The zero-order valence-corrected chi connectivity index (χ0v) is 11.1. The van der Waals surface area contributed by atoms with Crippen LogP contribution in [0.25, 0.3) is 0 Å². The van der Waals surface area contributed by atoms with Crippen molar-refractivity contribution in [2.75, 3.05) is 33.4 Å². The molecule has 0 radical (unpaired) electrons. The maximum Gasteiger partial charge on any atom is 0.322 e. The number of imidazole rings is 1. The van der Waals surface area contributed by atoms with Crippen molar-refractivity contribution >= 4 is 5.97 Å². The van der Waals surface area contributed by atoms with Gasteiger partial charge in [0.2, 0.25) is 0 Å². The molecule has 1 aromatic heterocycles. The number of hydrogen-bond acceptors (Lipinski definition) is 4. The largest absolute Gasteiger partial charge is 0.480 e. The maximum atomic E-state index is 11.4. The Morgan fingerprint density at radius 1 is 1.63 bits per heavy atom. The first-order valence-corrected chi connectivity index (χ1v) is 6.67. The van der Waals surface area contributed by atoms with Crippen LogP contribution in [-0.4, -0.2) is 59.3 Å². The van der Waals surface area contributed by atoms with Crippen LogP contribution in [0.1, 0.15) is 30.3 Å². The molecule has 0 saturated carbocycles. The fourth-order valence-electron chi connectivity index (χ4n) is 2.87. The third-order valence-electron chi connectivity index (χ3n) is 4.22. The summed E-state index contributed by atoms with van der Waals surface area (Å²) in [5.74, 6) is 0.0988. The van der Waals surface area contributed by atoms with E-state index in [1.165, 1.54) is 6.42 Å². The quantitative estimate of drug-likeness (QED) is 0.835. The average Bonchev–Trinajstić information content (AvgIpc) is 2.76. The number of likely N-dealkylation sites (N-methyl/N-ethyl adjacent to an activating group) is 1. The maximum absolute atomic E-state index is 11.4. The van der Waals surface area contributed by atoms with Crippen LogP contribution in [0.4, 0.5) is 0 Å². The van der Waals surface area contributed by atoms with Gasteiger partial charge in [-0.15, -0.1) is 0 Å². The van der Waals surface area contributed by atoms with Crippen LogP contribution < -0.4 is 0 Å². The summed E-state index contributed by atoms with van der Waals surface area (Å²) in [6.07, 6.45) is 4.09. The zero-order chi connectivity index (χ0) is 13.5. The smallest absolute Gasteiger partial charge is 0.322 e. The minimum atomic E-state index is -0.960.